The Morgan fingerprint density at radius 1 is 0.923 bits per heavy atom. The molecule has 0 bridgehead atoms. The fraction of sp³-hybridized carbons (Fsp3) is 0.125. The quantitative estimate of drug-likeness (QED) is 0.363. The third-order valence-electron chi connectivity index (χ3n) is 3.24. The molecule has 0 N–H and O–H groups in total. The fourth-order valence-electron chi connectivity index (χ4n) is 2.05. The van der Waals surface area contributed by atoms with Crippen molar-refractivity contribution in [2.24, 2.45) is 0 Å². The van der Waals surface area contributed by atoms with Gasteiger partial charge in [0.1, 0.15) is 0 Å². The zero-order chi connectivity index (χ0) is 18.9. The lowest BCUT2D eigenvalue weighted by Crippen LogP contribution is -2.21. The minimum atomic E-state index is -4.30. The molecule has 0 aliphatic carbocycles. The summed E-state index contributed by atoms with van der Waals surface area (Å²) in [5, 5.41) is 0.127. The van der Waals surface area contributed by atoms with E-state index in [1.807, 2.05) is 0 Å². The molecular weight excluding hydrogens is 413 g/mol. The van der Waals surface area contributed by atoms with Gasteiger partial charge in [0.2, 0.25) is 5.16 Å². The maximum absolute atomic E-state index is 13.4. The third kappa shape index (κ3) is 4.13. The van der Waals surface area contributed by atoms with Crippen LogP contribution in [-0.2, 0) is 0 Å². The highest BCUT2D eigenvalue weighted by atomic mass is 35.5. The summed E-state index contributed by atoms with van der Waals surface area (Å²) in [4.78, 5) is 4.00. The van der Waals surface area contributed by atoms with Gasteiger partial charge in [-0.05, 0) is 60.3 Å². The van der Waals surface area contributed by atoms with Crippen molar-refractivity contribution in [1.82, 2.24) is 14.8 Å². The van der Waals surface area contributed by atoms with Crippen molar-refractivity contribution in [3.8, 4) is 17.1 Å². The maximum atomic E-state index is 13.4. The van der Waals surface area contributed by atoms with E-state index in [-0.39, 0.29) is 5.82 Å². The smallest absolute Gasteiger partial charge is 0.212 e. The highest BCUT2D eigenvalue weighted by molar-refractivity contribution is 8.00. The van der Waals surface area contributed by atoms with E-state index < -0.39 is 28.6 Å². The average Bonchev–Trinajstić information content (AvgIpc) is 2.99. The van der Waals surface area contributed by atoms with Crippen LogP contribution in [0.4, 0.5) is 17.6 Å². The van der Waals surface area contributed by atoms with Crippen molar-refractivity contribution < 1.29 is 17.6 Å². The Kier molecular flexibility index (Phi) is 5.45. The highest BCUT2D eigenvalue weighted by Crippen LogP contribution is 2.40. The van der Waals surface area contributed by atoms with Gasteiger partial charge in [-0.1, -0.05) is 23.2 Å². The lowest BCUT2D eigenvalue weighted by atomic mass is 10.2. The molecule has 1 heterocycles. The Balaban J connectivity index is 2.08. The van der Waals surface area contributed by atoms with Crippen molar-refractivity contribution in [3.05, 3.63) is 58.6 Å². The molecule has 10 heteroatoms. The SMILES string of the molecule is FC(F)C(F)(F)Sc1nc(-c2ccc(Cl)cc2)n(-c2ccc(Cl)cc2)n1. The van der Waals surface area contributed by atoms with Gasteiger partial charge in [-0.3, -0.25) is 0 Å². The zero-order valence-corrected chi connectivity index (χ0v) is 15.0. The molecule has 0 radical (unpaired) electrons. The van der Waals surface area contributed by atoms with Gasteiger partial charge in [0.15, 0.2) is 5.82 Å². The second kappa shape index (κ2) is 7.46. The first-order valence-electron chi connectivity index (χ1n) is 7.10. The zero-order valence-electron chi connectivity index (χ0n) is 12.7. The van der Waals surface area contributed by atoms with Gasteiger partial charge in [-0.25, -0.2) is 18.4 Å². The molecule has 0 spiro atoms. The lowest BCUT2D eigenvalue weighted by Gasteiger charge is -2.11. The number of halogens is 6. The van der Waals surface area contributed by atoms with E-state index in [0.717, 1.165) is 0 Å². The Bertz CT molecular complexity index is 836. The standard InChI is InChI=1S/C16H9Cl2F4N3S/c17-10-3-1-9(2-4-10)13-23-15(26-16(21,22)14(19)20)24-25(13)12-7-5-11(18)6-8-12/h1-8,14H. The van der Waals surface area contributed by atoms with Crippen LogP contribution in [0.25, 0.3) is 17.1 Å². The van der Waals surface area contributed by atoms with Crippen molar-refractivity contribution in [2.75, 3.05) is 0 Å². The van der Waals surface area contributed by atoms with Crippen LogP contribution in [0.15, 0.2) is 53.7 Å². The number of benzene rings is 2. The van der Waals surface area contributed by atoms with Gasteiger partial charge in [-0.15, -0.1) is 5.10 Å². The second-order valence-corrected chi connectivity index (χ2v) is 7.06. The molecule has 3 aromatic rings. The van der Waals surface area contributed by atoms with Gasteiger partial charge >= 0.3 is 11.7 Å². The number of hydrogen-bond donors (Lipinski definition) is 0. The summed E-state index contributed by atoms with van der Waals surface area (Å²) in [6, 6.07) is 12.8. The summed E-state index contributed by atoms with van der Waals surface area (Å²) in [5.41, 5.74) is 1.02. The largest absolute Gasteiger partial charge is 0.360 e. The number of aromatic nitrogens is 3. The second-order valence-electron chi connectivity index (χ2n) is 5.08. The molecule has 0 aliphatic heterocycles. The summed E-state index contributed by atoms with van der Waals surface area (Å²) < 4.78 is 53.0. The Hall–Kier alpha value is -1.77. The molecule has 0 atom stereocenters. The molecule has 0 amide bonds. The first-order valence-corrected chi connectivity index (χ1v) is 8.67. The lowest BCUT2D eigenvalue weighted by molar-refractivity contribution is -0.0565. The molecular formula is C16H9Cl2F4N3S. The highest BCUT2D eigenvalue weighted by Gasteiger charge is 2.43. The van der Waals surface area contributed by atoms with Gasteiger partial charge in [0.25, 0.3) is 0 Å². The number of nitrogens with zero attached hydrogens (tertiary/aromatic N) is 3. The van der Waals surface area contributed by atoms with Crippen LogP contribution in [0.5, 0.6) is 0 Å². The molecule has 3 nitrogen and oxygen atoms in total. The predicted molar refractivity (Wildman–Crippen MR) is 93.6 cm³/mol. The summed E-state index contributed by atoms with van der Waals surface area (Å²) in [6.07, 6.45) is -3.84. The van der Waals surface area contributed by atoms with E-state index in [1.165, 1.54) is 4.68 Å². The van der Waals surface area contributed by atoms with Crippen LogP contribution in [0, 0.1) is 0 Å². The van der Waals surface area contributed by atoms with Crippen LogP contribution in [0.3, 0.4) is 0 Å². The van der Waals surface area contributed by atoms with E-state index >= 15 is 0 Å². The monoisotopic (exact) mass is 421 g/mol. The normalized spacial score (nSPS) is 12.0. The molecule has 1 aromatic heterocycles. The molecule has 3 rings (SSSR count). The molecule has 2 aromatic carbocycles. The number of hydrogen-bond acceptors (Lipinski definition) is 3. The molecule has 0 fully saturated rings. The van der Waals surface area contributed by atoms with E-state index in [1.54, 1.807) is 48.5 Å². The summed E-state index contributed by atoms with van der Waals surface area (Å²) in [7, 11) is 0. The molecule has 0 aliphatic rings. The predicted octanol–water partition coefficient (Wildman–Crippen LogP) is 6.19. The topological polar surface area (TPSA) is 30.7 Å². The van der Waals surface area contributed by atoms with E-state index in [2.05, 4.69) is 10.1 Å². The van der Waals surface area contributed by atoms with Gasteiger partial charge < -0.3 is 0 Å². The Morgan fingerprint density at radius 2 is 1.46 bits per heavy atom. The van der Waals surface area contributed by atoms with Crippen LogP contribution in [0.2, 0.25) is 10.0 Å². The van der Waals surface area contributed by atoms with Crippen molar-refractivity contribution in [2.45, 2.75) is 16.8 Å². The van der Waals surface area contributed by atoms with Crippen LogP contribution in [0.1, 0.15) is 0 Å². The minimum Gasteiger partial charge on any atom is -0.212 e. The molecule has 0 saturated heterocycles. The van der Waals surface area contributed by atoms with Crippen LogP contribution < -0.4 is 0 Å². The van der Waals surface area contributed by atoms with E-state index in [0.29, 0.717) is 21.3 Å². The molecule has 136 valence electrons. The van der Waals surface area contributed by atoms with Gasteiger partial charge in [0.05, 0.1) is 5.69 Å². The van der Waals surface area contributed by atoms with Gasteiger partial charge in [0, 0.05) is 15.6 Å². The van der Waals surface area contributed by atoms with E-state index in [4.69, 9.17) is 23.2 Å². The number of alkyl halides is 4. The third-order valence-corrected chi connectivity index (χ3v) is 4.55. The molecule has 0 unspecified atom stereocenters. The summed E-state index contributed by atoms with van der Waals surface area (Å²) in [6.45, 7) is 0. The first kappa shape index (κ1) is 19.0. The van der Waals surface area contributed by atoms with Gasteiger partial charge in [-0.2, -0.15) is 8.78 Å². The van der Waals surface area contributed by atoms with Crippen LogP contribution in [-0.4, -0.2) is 26.4 Å². The van der Waals surface area contributed by atoms with Crippen molar-refractivity contribution in [1.29, 1.82) is 0 Å². The molecule has 26 heavy (non-hydrogen) atoms. The first-order chi connectivity index (χ1) is 12.3. The Labute approximate surface area is 159 Å². The van der Waals surface area contributed by atoms with Crippen LogP contribution >= 0.6 is 35.0 Å². The number of rotatable bonds is 5. The average molecular weight is 422 g/mol. The van der Waals surface area contributed by atoms with Crippen molar-refractivity contribution in [3.63, 3.8) is 0 Å². The number of thioether (sulfide) groups is 1. The molecule has 0 saturated carbocycles. The fourth-order valence-corrected chi connectivity index (χ4v) is 2.89. The summed E-state index contributed by atoms with van der Waals surface area (Å²) >= 11 is 11.3. The van der Waals surface area contributed by atoms with E-state index in [9.17, 15) is 17.6 Å². The Morgan fingerprint density at radius 3 is 2.00 bits per heavy atom. The summed E-state index contributed by atoms with van der Waals surface area (Å²) in [5.74, 6) is 0.205. The minimum absolute atomic E-state index is 0.205. The maximum Gasteiger partial charge on any atom is 0.360 e. The van der Waals surface area contributed by atoms with Crippen molar-refractivity contribution >= 4 is 35.0 Å².